The van der Waals surface area contributed by atoms with Crippen molar-refractivity contribution in [2.75, 3.05) is 13.7 Å². The first-order chi connectivity index (χ1) is 12.1. The van der Waals surface area contributed by atoms with E-state index in [2.05, 4.69) is 9.98 Å². The van der Waals surface area contributed by atoms with Crippen LogP contribution in [0.3, 0.4) is 0 Å². The maximum Gasteiger partial charge on any atom is 0.337 e. The van der Waals surface area contributed by atoms with E-state index in [4.69, 9.17) is 21.1 Å². The zero-order valence-corrected chi connectivity index (χ0v) is 14.5. The lowest BCUT2D eigenvalue weighted by Crippen LogP contribution is -2.38. The van der Waals surface area contributed by atoms with Crippen molar-refractivity contribution in [3.63, 3.8) is 0 Å². The van der Waals surface area contributed by atoms with E-state index < -0.39 is 0 Å². The second-order valence-corrected chi connectivity index (χ2v) is 6.75. The number of rotatable bonds is 1. The van der Waals surface area contributed by atoms with Crippen molar-refractivity contribution >= 4 is 29.5 Å². The van der Waals surface area contributed by atoms with Gasteiger partial charge < -0.3 is 9.47 Å². The standard InChI is InChI=1S/C19H17ClN2O3/c1-24-18(23)12-4-6-16-15(9-12)21-10-19(11-25-16)8-2-3-14-13(19)5-7-17(20)22-14/h4-7,9-10H,2-3,8,11H2,1H3/t19-/m0/s1. The number of hydrogen-bond acceptors (Lipinski definition) is 5. The summed E-state index contributed by atoms with van der Waals surface area (Å²) >= 11 is 6.05. The molecule has 0 saturated heterocycles. The number of halogens is 1. The number of aromatic nitrogens is 1. The smallest absolute Gasteiger partial charge is 0.337 e. The number of carbonyl (C=O) groups excluding carboxylic acids is 1. The quantitative estimate of drug-likeness (QED) is 0.574. The largest absolute Gasteiger partial charge is 0.490 e. The highest BCUT2D eigenvalue weighted by atomic mass is 35.5. The van der Waals surface area contributed by atoms with E-state index in [-0.39, 0.29) is 11.4 Å². The summed E-state index contributed by atoms with van der Waals surface area (Å²) in [6.45, 7) is 0.484. The first kappa shape index (κ1) is 16.1. The number of methoxy groups -OCH3 is 1. The van der Waals surface area contributed by atoms with Crippen LogP contribution >= 0.6 is 11.6 Å². The summed E-state index contributed by atoms with van der Waals surface area (Å²) in [7, 11) is 1.36. The fraction of sp³-hybridized carbons (Fsp3) is 0.316. The number of esters is 1. The van der Waals surface area contributed by atoms with Gasteiger partial charge in [-0.3, -0.25) is 4.99 Å². The van der Waals surface area contributed by atoms with Gasteiger partial charge in [0.25, 0.3) is 0 Å². The molecule has 1 atom stereocenters. The number of ether oxygens (including phenoxy) is 2. The predicted octanol–water partition coefficient (Wildman–Crippen LogP) is 3.89. The van der Waals surface area contributed by atoms with Gasteiger partial charge in [-0.05, 0) is 49.1 Å². The molecule has 0 fully saturated rings. The highest BCUT2D eigenvalue weighted by molar-refractivity contribution is 6.29. The van der Waals surface area contributed by atoms with Crippen LogP contribution in [0.1, 0.15) is 34.5 Å². The summed E-state index contributed by atoms with van der Waals surface area (Å²) in [6.07, 6.45) is 4.78. The van der Waals surface area contributed by atoms with Gasteiger partial charge in [-0.15, -0.1) is 0 Å². The number of benzene rings is 1. The Labute approximate surface area is 150 Å². The molecule has 5 nitrogen and oxygen atoms in total. The van der Waals surface area contributed by atoms with Gasteiger partial charge in [0.15, 0.2) is 0 Å². The summed E-state index contributed by atoms with van der Waals surface area (Å²) in [5.74, 6) is 0.272. The number of aliphatic imine (C=N–C) groups is 1. The Bertz CT molecular complexity index is 881. The first-order valence-corrected chi connectivity index (χ1v) is 8.55. The number of aryl methyl sites for hydroxylation is 1. The van der Waals surface area contributed by atoms with Gasteiger partial charge in [0.05, 0.1) is 18.1 Å². The molecule has 2 aliphatic rings. The third-order valence-corrected chi connectivity index (χ3v) is 5.04. The Morgan fingerprint density at radius 1 is 1.32 bits per heavy atom. The average molecular weight is 357 g/mol. The van der Waals surface area contributed by atoms with Crippen LogP contribution in [0, 0.1) is 0 Å². The van der Waals surface area contributed by atoms with Crippen LogP contribution in [0.4, 0.5) is 5.69 Å². The van der Waals surface area contributed by atoms with Crippen molar-refractivity contribution in [1.82, 2.24) is 4.98 Å². The molecule has 0 bridgehead atoms. The van der Waals surface area contributed by atoms with Gasteiger partial charge in [-0.25, -0.2) is 9.78 Å². The first-order valence-electron chi connectivity index (χ1n) is 8.18. The van der Waals surface area contributed by atoms with Crippen LogP contribution in [0.2, 0.25) is 5.15 Å². The zero-order valence-electron chi connectivity index (χ0n) is 13.8. The SMILES string of the molecule is COC(=O)c1ccc2c(c1)N=C[C@@]1(CCCc3nc(Cl)ccc31)CO2. The molecule has 1 aliphatic heterocycles. The molecule has 0 amide bonds. The molecule has 128 valence electrons. The van der Waals surface area contributed by atoms with Gasteiger partial charge in [-0.2, -0.15) is 0 Å². The Balaban J connectivity index is 1.75. The zero-order chi connectivity index (χ0) is 17.4. The van der Waals surface area contributed by atoms with Crippen molar-refractivity contribution in [2.45, 2.75) is 24.7 Å². The minimum absolute atomic E-state index is 0.324. The van der Waals surface area contributed by atoms with E-state index in [9.17, 15) is 4.79 Å². The Kier molecular flexibility index (Phi) is 3.96. The molecule has 0 unspecified atom stereocenters. The molecule has 2 heterocycles. The minimum Gasteiger partial charge on any atom is -0.490 e. The fourth-order valence-corrected chi connectivity index (χ4v) is 3.70. The Morgan fingerprint density at radius 3 is 3.04 bits per heavy atom. The lowest BCUT2D eigenvalue weighted by Gasteiger charge is -2.34. The third kappa shape index (κ3) is 2.78. The Hall–Kier alpha value is -2.40. The number of nitrogens with zero attached hydrogens (tertiary/aromatic N) is 2. The van der Waals surface area contributed by atoms with E-state index in [0.29, 0.717) is 28.8 Å². The maximum atomic E-state index is 11.7. The van der Waals surface area contributed by atoms with Crippen LogP contribution in [0.15, 0.2) is 35.3 Å². The molecule has 0 N–H and O–H groups in total. The third-order valence-electron chi connectivity index (χ3n) is 4.83. The molecule has 0 radical (unpaired) electrons. The second-order valence-electron chi connectivity index (χ2n) is 6.36. The second kappa shape index (κ2) is 6.15. The van der Waals surface area contributed by atoms with Crippen LogP contribution < -0.4 is 4.74 Å². The lowest BCUT2D eigenvalue weighted by atomic mass is 9.73. The molecule has 4 rings (SSSR count). The molecule has 1 aromatic heterocycles. The summed E-state index contributed by atoms with van der Waals surface area (Å²) in [5.41, 5.74) is 2.89. The van der Waals surface area contributed by atoms with Crippen molar-refractivity contribution in [2.24, 2.45) is 4.99 Å². The average Bonchev–Trinajstić information content (AvgIpc) is 2.81. The number of pyridine rings is 1. The number of carbonyl (C=O) groups is 1. The number of fused-ring (bicyclic) bond motifs is 3. The van der Waals surface area contributed by atoms with Crippen molar-refractivity contribution < 1.29 is 14.3 Å². The monoisotopic (exact) mass is 356 g/mol. The van der Waals surface area contributed by atoms with Crippen molar-refractivity contribution in [1.29, 1.82) is 0 Å². The van der Waals surface area contributed by atoms with Crippen LogP contribution in [-0.4, -0.2) is 30.9 Å². The highest BCUT2D eigenvalue weighted by Crippen LogP contribution is 2.41. The van der Waals surface area contributed by atoms with Gasteiger partial charge in [0.1, 0.15) is 23.2 Å². The van der Waals surface area contributed by atoms with Gasteiger partial charge in [0.2, 0.25) is 0 Å². The summed E-state index contributed by atoms with van der Waals surface area (Å²) in [6, 6.07) is 8.99. The van der Waals surface area contributed by atoms with Gasteiger partial charge in [-0.1, -0.05) is 17.7 Å². The summed E-state index contributed by atoms with van der Waals surface area (Å²) in [4.78, 5) is 20.9. The highest BCUT2D eigenvalue weighted by Gasteiger charge is 2.38. The van der Waals surface area contributed by atoms with Gasteiger partial charge in [0, 0.05) is 11.9 Å². The molecule has 1 aliphatic carbocycles. The van der Waals surface area contributed by atoms with E-state index >= 15 is 0 Å². The fourth-order valence-electron chi connectivity index (χ4n) is 3.53. The summed E-state index contributed by atoms with van der Waals surface area (Å²) in [5, 5.41) is 0.508. The van der Waals surface area contributed by atoms with Crippen molar-refractivity contribution in [3.8, 4) is 5.75 Å². The van der Waals surface area contributed by atoms with E-state index in [1.165, 1.54) is 7.11 Å². The Morgan fingerprint density at radius 2 is 2.20 bits per heavy atom. The molecule has 1 aromatic carbocycles. The molecule has 0 saturated carbocycles. The topological polar surface area (TPSA) is 60.8 Å². The molecule has 2 aromatic rings. The molecule has 1 spiro atoms. The van der Waals surface area contributed by atoms with E-state index in [1.807, 2.05) is 18.3 Å². The normalized spacial score (nSPS) is 21.0. The minimum atomic E-state index is -0.390. The summed E-state index contributed by atoms with van der Waals surface area (Å²) < 4.78 is 10.8. The van der Waals surface area contributed by atoms with Crippen LogP contribution in [0.5, 0.6) is 5.75 Å². The van der Waals surface area contributed by atoms with Crippen LogP contribution in [0.25, 0.3) is 0 Å². The van der Waals surface area contributed by atoms with Gasteiger partial charge >= 0.3 is 5.97 Å². The molecule has 25 heavy (non-hydrogen) atoms. The van der Waals surface area contributed by atoms with Crippen molar-refractivity contribution in [3.05, 3.63) is 52.3 Å². The van der Waals surface area contributed by atoms with E-state index in [0.717, 1.165) is 30.5 Å². The maximum absolute atomic E-state index is 11.7. The lowest BCUT2D eigenvalue weighted by molar-refractivity contribution is 0.0600. The molecular weight excluding hydrogens is 340 g/mol. The van der Waals surface area contributed by atoms with Crippen LogP contribution in [-0.2, 0) is 16.6 Å². The molecule has 6 heteroatoms. The predicted molar refractivity (Wildman–Crippen MR) is 95.3 cm³/mol. The molecular formula is C19H17ClN2O3. The number of hydrogen-bond donors (Lipinski definition) is 0. The van der Waals surface area contributed by atoms with E-state index in [1.54, 1.807) is 18.2 Å².